The van der Waals surface area contributed by atoms with Crippen molar-refractivity contribution in [3.63, 3.8) is 0 Å². The Morgan fingerprint density at radius 1 is 0.870 bits per heavy atom. The molecule has 0 bridgehead atoms. The molecule has 0 unspecified atom stereocenters. The van der Waals surface area contributed by atoms with Gasteiger partial charge in [-0.25, -0.2) is 0 Å². The summed E-state index contributed by atoms with van der Waals surface area (Å²) in [5, 5.41) is 5.72. The van der Waals surface area contributed by atoms with Crippen LogP contribution in [-0.2, 0) is 17.6 Å². The predicted molar refractivity (Wildman–Crippen MR) is 93.9 cm³/mol. The predicted octanol–water partition coefficient (Wildman–Crippen LogP) is 4.02. The number of carbonyl (C=O) groups is 2. The smallest absolute Gasteiger partial charge is 0.255 e. The fourth-order valence-electron chi connectivity index (χ4n) is 2.50. The summed E-state index contributed by atoms with van der Waals surface area (Å²) in [5.41, 5.74) is 4.41. The fourth-order valence-corrected chi connectivity index (χ4v) is 2.50. The molecule has 0 aromatic heterocycles. The van der Waals surface area contributed by atoms with Crippen LogP contribution >= 0.6 is 0 Å². The number of benzene rings is 2. The first kappa shape index (κ1) is 16.7. The molecule has 0 atom stereocenters. The first-order valence-corrected chi connectivity index (χ1v) is 7.84. The molecule has 2 N–H and O–H groups in total. The molecule has 0 aliphatic carbocycles. The summed E-state index contributed by atoms with van der Waals surface area (Å²) < 4.78 is 0. The number of carbonyl (C=O) groups excluding carboxylic acids is 2. The van der Waals surface area contributed by atoms with Crippen molar-refractivity contribution in [2.45, 2.75) is 33.6 Å². The Bertz CT molecular complexity index is 684. The van der Waals surface area contributed by atoms with Gasteiger partial charge < -0.3 is 10.6 Å². The molecule has 0 radical (unpaired) electrons. The number of para-hydroxylation sites is 1. The van der Waals surface area contributed by atoms with Crippen LogP contribution in [-0.4, -0.2) is 11.8 Å². The van der Waals surface area contributed by atoms with Crippen LogP contribution in [0, 0.1) is 0 Å². The Hall–Kier alpha value is -2.62. The first-order chi connectivity index (χ1) is 11.0. The third-order valence-corrected chi connectivity index (χ3v) is 3.70. The quantitative estimate of drug-likeness (QED) is 0.876. The van der Waals surface area contributed by atoms with E-state index in [9.17, 15) is 9.59 Å². The largest absolute Gasteiger partial charge is 0.326 e. The van der Waals surface area contributed by atoms with Crippen molar-refractivity contribution in [3.8, 4) is 0 Å². The molecule has 4 nitrogen and oxygen atoms in total. The molecule has 23 heavy (non-hydrogen) atoms. The number of anilines is 2. The van der Waals surface area contributed by atoms with Crippen LogP contribution in [0.25, 0.3) is 0 Å². The average molecular weight is 310 g/mol. The Morgan fingerprint density at radius 2 is 1.43 bits per heavy atom. The highest BCUT2D eigenvalue weighted by atomic mass is 16.2. The summed E-state index contributed by atoms with van der Waals surface area (Å²) >= 11 is 0. The number of nitrogens with one attached hydrogen (secondary N) is 2. The third-order valence-electron chi connectivity index (χ3n) is 3.70. The zero-order valence-corrected chi connectivity index (χ0v) is 13.8. The van der Waals surface area contributed by atoms with Crippen LogP contribution in [0.3, 0.4) is 0 Å². The van der Waals surface area contributed by atoms with E-state index in [1.165, 1.54) is 6.92 Å². The molecule has 0 fully saturated rings. The molecule has 2 aromatic rings. The van der Waals surface area contributed by atoms with E-state index in [2.05, 4.69) is 24.5 Å². The number of aryl methyl sites for hydroxylation is 2. The van der Waals surface area contributed by atoms with Gasteiger partial charge in [0.25, 0.3) is 5.91 Å². The van der Waals surface area contributed by atoms with Crippen LogP contribution in [0.15, 0.2) is 42.5 Å². The van der Waals surface area contributed by atoms with Gasteiger partial charge in [-0.3, -0.25) is 9.59 Å². The van der Waals surface area contributed by atoms with Gasteiger partial charge in [0.05, 0.1) is 0 Å². The molecule has 0 aliphatic heterocycles. The molecular weight excluding hydrogens is 288 g/mol. The lowest BCUT2D eigenvalue weighted by molar-refractivity contribution is -0.114. The van der Waals surface area contributed by atoms with Crippen molar-refractivity contribution < 1.29 is 9.59 Å². The normalized spacial score (nSPS) is 10.2. The van der Waals surface area contributed by atoms with Gasteiger partial charge in [-0.2, -0.15) is 0 Å². The van der Waals surface area contributed by atoms with E-state index < -0.39 is 0 Å². The van der Waals surface area contributed by atoms with Crippen LogP contribution in [0.5, 0.6) is 0 Å². The molecule has 0 saturated carbocycles. The summed E-state index contributed by atoms with van der Waals surface area (Å²) in [5.74, 6) is -0.276. The highest BCUT2D eigenvalue weighted by Gasteiger charge is 2.11. The average Bonchev–Trinajstić information content (AvgIpc) is 2.55. The fraction of sp³-hybridized carbons (Fsp3) is 0.263. The van der Waals surface area contributed by atoms with Crippen molar-refractivity contribution in [2.24, 2.45) is 0 Å². The number of amides is 2. The number of hydrogen-bond donors (Lipinski definition) is 2. The molecule has 2 rings (SSSR count). The van der Waals surface area contributed by atoms with Crippen molar-refractivity contribution in [2.75, 3.05) is 10.6 Å². The molecule has 0 aliphatic rings. The van der Waals surface area contributed by atoms with Gasteiger partial charge in [0, 0.05) is 23.9 Å². The van der Waals surface area contributed by atoms with E-state index in [4.69, 9.17) is 0 Å². The second kappa shape index (κ2) is 7.58. The zero-order chi connectivity index (χ0) is 16.8. The Morgan fingerprint density at radius 3 is 1.91 bits per heavy atom. The molecule has 120 valence electrons. The van der Waals surface area contributed by atoms with Gasteiger partial charge in [0.1, 0.15) is 0 Å². The zero-order valence-electron chi connectivity index (χ0n) is 13.8. The summed E-state index contributed by atoms with van der Waals surface area (Å²) in [6.07, 6.45) is 1.73. The van der Waals surface area contributed by atoms with E-state index in [1.54, 1.807) is 24.3 Å². The maximum Gasteiger partial charge on any atom is 0.255 e. The molecule has 0 spiro atoms. The maximum absolute atomic E-state index is 12.5. The molecule has 0 heterocycles. The van der Waals surface area contributed by atoms with Crippen molar-refractivity contribution in [1.82, 2.24) is 0 Å². The molecule has 2 aromatic carbocycles. The monoisotopic (exact) mass is 310 g/mol. The highest BCUT2D eigenvalue weighted by Crippen LogP contribution is 2.23. The minimum absolute atomic E-state index is 0.133. The Labute approximate surface area is 136 Å². The van der Waals surface area contributed by atoms with Crippen LogP contribution < -0.4 is 10.6 Å². The van der Waals surface area contributed by atoms with E-state index in [1.807, 2.05) is 18.2 Å². The van der Waals surface area contributed by atoms with Crippen molar-refractivity contribution in [3.05, 3.63) is 59.2 Å². The number of hydrogen-bond acceptors (Lipinski definition) is 2. The minimum atomic E-state index is -0.144. The van der Waals surface area contributed by atoms with Gasteiger partial charge in [0.2, 0.25) is 5.91 Å². The van der Waals surface area contributed by atoms with E-state index >= 15 is 0 Å². The second-order valence-electron chi connectivity index (χ2n) is 5.37. The van der Waals surface area contributed by atoms with Crippen LogP contribution in [0.4, 0.5) is 11.4 Å². The highest BCUT2D eigenvalue weighted by molar-refractivity contribution is 6.05. The van der Waals surface area contributed by atoms with Gasteiger partial charge in [0.15, 0.2) is 0 Å². The molecule has 0 saturated heterocycles. The van der Waals surface area contributed by atoms with E-state index in [0.717, 1.165) is 29.7 Å². The number of rotatable bonds is 5. The minimum Gasteiger partial charge on any atom is -0.326 e. The lowest BCUT2D eigenvalue weighted by Crippen LogP contribution is -2.15. The Balaban J connectivity index is 2.21. The molecule has 4 heteroatoms. The van der Waals surface area contributed by atoms with Crippen LogP contribution in [0.2, 0.25) is 0 Å². The standard InChI is InChI=1S/C19H22N2O2/c1-4-14-7-6-8-15(5-2)18(14)21-19(23)16-9-11-17(12-10-16)20-13(3)22/h6-12H,4-5H2,1-3H3,(H,20,22)(H,21,23). The summed E-state index contributed by atoms with van der Waals surface area (Å²) in [6, 6.07) is 13.0. The van der Waals surface area contributed by atoms with Gasteiger partial charge in [-0.1, -0.05) is 32.0 Å². The van der Waals surface area contributed by atoms with E-state index in [0.29, 0.717) is 11.3 Å². The lowest BCUT2D eigenvalue weighted by Gasteiger charge is -2.14. The Kier molecular flexibility index (Phi) is 5.52. The van der Waals surface area contributed by atoms with Gasteiger partial charge in [-0.15, -0.1) is 0 Å². The van der Waals surface area contributed by atoms with Gasteiger partial charge in [-0.05, 0) is 48.2 Å². The van der Waals surface area contributed by atoms with Crippen molar-refractivity contribution >= 4 is 23.2 Å². The third kappa shape index (κ3) is 4.19. The van der Waals surface area contributed by atoms with Crippen LogP contribution in [0.1, 0.15) is 42.3 Å². The van der Waals surface area contributed by atoms with Gasteiger partial charge >= 0.3 is 0 Å². The summed E-state index contributed by atoms with van der Waals surface area (Å²) in [6.45, 7) is 5.61. The molecule has 2 amide bonds. The summed E-state index contributed by atoms with van der Waals surface area (Å²) in [7, 11) is 0. The molecular formula is C19H22N2O2. The maximum atomic E-state index is 12.5. The lowest BCUT2D eigenvalue weighted by atomic mass is 10.0. The topological polar surface area (TPSA) is 58.2 Å². The van der Waals surface area contributed by atoms with E-state index in [-0.39, 0.29) is 11.8 Å². The SMILES string of the molecule is CCc1cccc(CC)c1NC(=O)c1ccc(NC(C)=O)cc1. The first-order valence-electron chi connectivity index (χ1n) is 7.84. The summed E-state index contributed by atoms with van der Waals surface area (Å²) in [4.78, 5) is 23.5. The van der Waals surface area contributed by atoms with Crippen molar-refractivity contribution in [1.29, 1.82) is 0 Å². The second-order valence-corrected chi connectivity index (χ2v) is 5.37.